The Bertz CT molecular complexity index is 627. The van der Waals surface area contributed by atoms with E-state index in [1.807, 2.05) is 67.6 Å². The topological polar surface area (TPSA) is 26.3 Å². The molecule has 0 radical (unpaired) electrons. The summed E-state index contributed by atoms with van der Waals surface area (Å²) in [5.74, 6) is -0.238. The molecule has 0 N–H and O–H groups in total. The van der Waals surface area contributed by atoms with Gasteiger partial charge in [0, 0.05) is 5.57 Å². The molecule has 1 heterocycles. The third kappa shape index (κ3) is 2.06. The van der Waals surface area contributed by atoms with Crippen LogP contribution in [0.25, 0.3) is 11.1 Å². The smallest absolute Gasteiger partial charge is 0.339 e. The van der Waals surface area contributed by atoms with Crippen LogP contribution in [0.1, 0.15) is 18.1 Å². The molecule has 0 spiro atoms. The van der Waals surface area contributed by atoms with E-state index in [4.69, 9.17) is 4.74 Å². The maximum Gasteiger partial charge on any atom is 0.339 e. The fourth-order valence-electron chi connectivity index (χ4n) is 2.47. The van der Waals surface area contributed by atoms with Gasteiger partial charge in [0.25, 0.3) is 0 Å². The number of hydrogen-bond acceptors (Lipinski definition) is 2. The first-order valence-corrected chi connectivity index (χ1v) is 6.33. The van der Waals surface area contributed by atoms with Crippen LogP contribution in [0, 0.1) is 0 Å². The van der Waals surface area contributed by atoms with Crippen LogP contribution in [0.3, 0.4) is 0 Å². The van der Waals surface area contributed by atoms with Crippen LogP contribution < -0.4 is 0 Å². The molecule has 2 heteroatoms. The molecule has 0 bridgehead atoms. The molecule has 0 unspecified atom stereocenters. The van der Waals surface area contributed by atoms with E-state index in [0.717, 1.165) is 16.7 Å². The van der Waals surface area contributed by atoms with Gasteiger partial charge in [-0.2, -0.15) is 0 Å². The molecule has 1 aliphatic rings. The number of ether oxygens (including phenoxy) is 1. The van der Waals surface area contributed by atoms with Gasteiger partial charge >= 0.3 is 5.97 Å². The van der Waals surface area contributed by atoms with E-state index in [0.29, 0.717) is 5.57 Å². The number of cyclic esters (lactones) is 1. The van der Waals surface area contributed by atoms with Gasteiger partial charge in [0.2, 0.25) is 0 Å². The highest BCUT2D eigenvalue weighted by molar-refractivity contribution is 6.27. The molecule has 19 heavy (non-hydrogen) atoms. The molecule has 0 aliphatic carbocycles. The van der Waals surface area contributed by atoms with Gasteiger partial charge in [-0.3, -0.25) is 0 Å². The van der Waals surface area contributed by atoms with Crippen molar-refractivity contribution in [2.45, 2.75) is 13.0 Å². The predicted octanol–water partition coefficient (Wildman–Crippen LogP) is 3.54. The summed E-state index contributed by atoms with van der Waals surface area (Å²) in [6.45, 7) is 1.91. The van der Waals surface area contributed by atoms with E-state index in [-0.39, 0.29) is 12.1 Å². The molecule has 0 aromatic heterocycles. The van der Waals surface area contributed by atoms with Crippen LogP contribution in [0.15, 0.2) is 60.7 Å². The van der Waals surface area contributed by atoms with E-state index in [9.17, 15) is 4.79 Å². The quantitative estimate of drug-likeness (QED) is 0.762. The lowest BCUT2D eigenvalue weighted by molar-refractivity contribution is -0.136. The van der Waals surface area contributed by atoms with Crippen LogP contribution in [0.4, 0.5) is 0 Å². The van der Waals surface area contributed by atoms with Crippen LogP contribution >= 0.6 is 0 Å². The van der Waals surface area contributed by atoms with Gasteiger partial charge in [0.15, 0.2) is 0 Å². The van der Waals surface area contributed by atoms with E-state index in [1.54, 1.807) is 0 Å². The van der Waals surface area contributed by atoms with Gasteiger partial charge in [0.1, 0.15) is 6.10 Å². The number of benzene rings is 2. The van der Waals surface area contributed by atoms with Crippen LogP contribution in [-0.2, 0) is 9.53 Å². The average Bonchev–Trinajstić information content (AvgIpc) is 2.75. The third-order valence-electron chi connectivity index (χ3n) is 3.31. The van der Waals surface area contributed by atoms with E-state index in [1.165, 1.54) is 0 Å². The molecule has 94 valence electrons. The lowest BCUT2D eigenvalue weighted by atomic mass is 9.94. The maximum absolute atomic E-state index is 12.1. The Hall–Kier alpha value is -2.35. The first-order chi connectivity index (χ1) is 9.27. The molecule has 0 fully saturated rings. The second-order valence-electron chi connectivity index (χ2n) is 4.57. The number of esters is 1. The minimum absolute atomic E-state index is 0.204. The lowest BCUT2D eigenvalue weighted by Crippen LogP contribution is -2.05. The van der Waals surface area contributed by atoms with Crippen molar-refractivity contribution in [3.8, 4) is 0 Å². The van der Waals surface area contributed by atoms with Crippen molar-refractivity contribution in [3.63, 3.8) is 0 Å². The van der Waals surface area contributed by atoms with Crippen molar-refractivity contribution >= 4 is 17.1 Å². The summed E-state index contributed by atoms with van der Waals surface area (Å²) in [4.78, 5) is 12.1. The van der Waals surface area contributed by atoms with Gasteiger partial charge in [-0.1, -0.05) is 60.7 Å². The summed E-state index contributed by atoms with van der Waals surface area (Å²) in [7, 11) is 0. The Labute approximate surface area is 112 Å². The highest BCUT2D eigenvalue weighted by Crippen LogP contribution is 2.36. The van der Waals surface area contributed by atoms with Gasteiger partial charge in [0.05, 0.1) is 5.57 Å². The summed E-state index contributed by atoms with van der Waals surface area (Å²) in [6.07, 6.45) is -0.204. The Morgan fingerprint density at radius 3 is 1.95 bits per heavy atom. The minimum Gasteiger partial charge on any atom is -0.454 e. The second kappa shape index (κ2) is 4.73. The molecule has 1 aliphatic heterocycles. The summed E-state index contributed by atoms with van der Waals surface area (Å²) in [5.41, 5.74) is 3.60. The van der Waals surface area contributed by atoms with Crippen LogP contribution in [-0.4, -0.2) is 12.1 Å². The van der Waals surface area contributed by atoms with Crippen molar-refractivity contribution in [1.82, 2.24) is 0 Å². The standard InChI is InChI=1S/C17H14O2/c1-12-15(13-8-4-2-5-9-13)16(17(18)19-12)14-10-6-3-7-11-14/h2-12H,1H3/t12-/m0/s1. The monoisotopic (exact) mass is 250 g/mol. The van der Waals surface area contributed by atoms with Gasteiger partial charge in [-0.05, 0) is 18.1 Å². The highest BCUT2D eigenvalue weighted by Gasteiger charge is 2.32. The molecule has 2 nitrogen and oxygen atoms in total. The molecule has 1 atom stereocenters. The van der Waals surface area contributed by atoms with E-state index in [2.05, 4.69) is 0 Å². The zero-order valence-electron chi connectivity index (χ0n) is 10.7. The molecule has 0 saturated heterocycles. The molecular formula is C17H14O2. The maximum atomic E-state index is 12.1. The average molecular weight is 250 g/mol. The van der Waals surface area contributed by atoms with Crippen molar-refractivity contribution < 1.29 is 9.53 Å². The largest absolute Gasteiger partial charge is 0.454 e. The molecule has 2 aromatic carbocycles. The summed E-state index contributed by atoms with van der Waals surface area (Å²) in [5, 5.41) is 0. The zero-order valence-corrected chi connectivity index (χ0v) is 10.7. The number of carbonyl (C=O) groups excluding carboxylic acids is 1. The Balaban J connectivity index is 2.21. The van der Waals surface area contributed by atoms with Gasteiger partial charge < -0.3 is 4.74 Å². The zero-order chi connectivity index (χ0) is 13.2. The number of rotatable bonds is 2. The van der Waals surface area contributed by atoms with Crippen molar-refractivity contribution in [3.05, 3.63) is 71.8 Å². The van der Waals surface area contributed by atoms with E-state index >= 15 is 0 Å². The van der Waals surface area contributed by atoms with Gasteiger partial charge in [-0.25, -0.2) is 4.79 Å². The molecule has 2 aromatic rings. The number of carbonyl (C=O) groups is 1. The Morgan fingerprint density at radius 1 is 0.842 bits per heavy atom. The SMILES string of the molecule is C[C@@H]1OC(=O)C(c2ccccc2)=C1c1ccccc1. The first kappa shape index (κ1) is 11.7. The molecular weight excluding hydrogens is 236 g/mol. The van der Waals surface area contributed by atoms with E-state index < -0.39 is 0 Å². The lowest BCUT2D eigenvalue weighted by Gasteiger charge is -2.09. The van der Waals surface area contributed by atoms with Crippen molar-refractivity contribution in [1.29, 1.82) is 0 Å². The Morgan fingerprint density at radius 2 is 1.37 bits per heavy atom. The molecule has 0 amide bonds. The summed E-state index contributed by atoms with van der Waals surface area (Å²) < 4.78 is 5.38. The first-order valence-electron chi connectivity index (χ1n) is 6.33. The minimum atomic E-state index is -0.238. The normalized spacial score (nSPS) is 18.6. The predicted molar refractivity (Wildman–Crippen MR) is 75.3 cm³/mol. The highest BCUT2D eigenvalue weighted by atomic mass is 16.5. The molecule has 3 rings (SSSR count). The van der Waals surface area contributed by atoms with Crippen molar-refractivity contribution in [2.75, 3.05) is 0 Å². The third-order valence-corrected chi connectivity index (χ3v) is 3.31. The number of hydrogen-bond donors (Lipinski definition) is 0. The second-order valence-corrected chi connectivity index (χ2v) is 4.57. The fraction of sp³-hybridized carbons (Fsp3) is 0.118. The Kier molecular flexibility index (Phi) is 2.92. The van der Waals surface area contributed by atoms with Gasteiger partial charge in [-0.15, -0.1) is 0 Å². The van der Waals surface area contributed by atoms with Crippen LogP contribution in [0.2, 0.25) is 0 Å². The molecule has 0 saturated carbocycles. The summed E-state index contributed by atoms with van der Waals surface area (Å²) >= 11 is 0. The van der Waals surface area contributed by atoms with Crippen LogP contribution in [0.5, 0.6) is 0 Å². The van der Waals surface area contributed by atoms with Crippen molar-refractivity contribution in [2.24, 2.45) is 0 Å². The fourth-order valence-corrected chi connectivity index (χ4v) is 2.47. The summed E-state index contributed by atoms with van der Waals surface area (Å²) in [6, 6.07) is 19.6.